The highest BCUT2D eigenvalue weighted by atomic mass is 15.0. The van der Waals surface area contributed by atoms with E-state index < -0.39 is 0 Å². The fourth-order valence-electron chi connectivity index (χ4n) is 0.830. The maximum atomic E-state index is 5.24. The zero-order valence-electron chi connectivity index (χ0n) is 5.96. The smallest absolute Gasteiger partial charge is 0.122 e. The molecule has 0 aromatic heterocycles. The van der Waals surface area contributed by atoms with E-state index in [0.717, 1.165) is 12.2 Å². The van der Waals surface area contributed by atoms with Gasteiger partial charge in [0.1, 0.15) is 5.82 Å². The minimum Gasteiger partial charge on any atom is -0.373 e. The predicted molar refractivity (Wildman–Crippen MR) is 42.6 cm³/mol. The monoisotopic (exact) mass is 134 g/mol. The summed E-state index contributed by atoms with van der Waals surface area (Å²) < 4.78 is 0. The van der Waals surface area contributed by atoms with Gasteiger partial charge in [0, 0.05) is 25.6 Å². The van der Waals surface area contributed by atoms with E-state index in [4.69, 9.17) is 6.42 Å². The molecule has 1 unspecified atom stereocenters. The van der Waals surface area contributed by atoms with E-state index in [2.05, 4.69) is 16.2 Å². The van der Waals surface area contributed by atoms with Gasteiger partial charge in [0.2, 0.25) is 0 Å². The molecule has 2 nitrogen and oxygen atoms in total. The van der Waals surface area contributed by atoms with Crippen LogP contribution in [0.2, 0.25) is 0 Å². The third-order valence-corrected chi connectivity index (χ3v) is 1.42. The second-order valence-corrected chi connectivity index (χ2v) is 2.12. The normalized spacial score (nSPS) is 23.2. The van der Waals surface area contributed by atoms with Gasteiger partial charge in [0.25, 0.3) is 0 Å². The van der Waals surface area contributed by atoms with Crippen LogP contribution in [0.15, 0.2) is 16.9 Å². The van der Waals surface area contributed by atoms with Crippen LogP contribution >= 0.6 is 0 Å². The van der Waals surface area contributed by atoms with Crippen LogP contribution in [0.3, 0.4) is 0 Å². The molecule has 0 saturated heterocycles. The quantitative estimate of drug-likeness (QED) is 0.526. The number of allylic oxidation sites excluding steroid dienone is 1. The first kappa shape index (κ1) is 6.88. The second-order valence-electron chi connectivity index (χ2n) is 2.12. The maximum Gasteiger partial charge on any atom is 0.122 e. The number of nitrogens with one attached hydrogen (secondary N) is 1. The van der Waals surface area contributed by atoms with Crippen LogP contribution in [0, 0.1) is 18.3 Å². The van der Waals surface area contributed by atoms with E-state index >= 15 is 0 Å². The summed E-state index contributed by atoms with van der Waals surface area (Å²) in [5.74, 6) is 3.75. The van der Waals surface area contributed by atoms with Crippen LogP contribution in [0.4, 0.5) is 0 Å². The van der Waals surface area contributed by atoms with Gasteiger partial charge < -0.3 is 5.32 Å². The van der Waals surface area contributed by atoms with Crippen molar-refractivity contribution in [2.75, 3.05) is 7.05 Å². The molecule has 10 heavy (non-hydrogen) atoms. The Labute approximate surface area is 61.0 Å². The lowest BCUT2D eigenvalue weighted by Gasteiger charge is -2.09. The zero-order valence-corrected chi connectivity index (χ0v) is 5.96. The Morgan fingerprint density at radius 2 is 2.70 bits per heavy atom. The molecule has 0 fully saturated rings. The largest absolute Gasteiger partial charge is 0.373 e. The Kier molecular flexibility index (Phi) is 2.11. The molecule has 0 spiro atoms. The summed E-state index contributed by atoms with van der Waals surface area (Å²) in [6.45, 7) is 0. The lowest BCUT2D eigenvalue weighted by atomic mass is 10.1. The molecule has 0 bridgehead atoms. The molecule has 1 rings (SSSR count). The molecule has 1 aliphatic heterocycles. The SMILES string of the molecule is C#CC1C=C(NC)N=CC1. The van der Waals surface area contributed by atoms with Crippen molar-refractivity contribution in [1.29, 1.82) is 0 Å². The fraction of sp³-hybridized carbons (Fsp3) is 0.375. The van der Waals surface area contributed by atoms with E-state index in [-0.39, 0.29) is 5.92 Å². The van der Waals surface area contributed by atoms with E-state index in [0.29, 0.717) is 0 Å². The van der Waals surface area contributed by atoms with Crippen molar-refractivity contribution in [2.45, 2.75) is 6.42 Å². The Bertz CT molecular complexity index is 208. The van der Waals surface area contributed by atoms with E-state index in [9.17, 15) is 0 Å². The first-order valence-electron chi connectivity index (χ1n) is 3.25. The fourth-order valence-corrected chi connectivity index (χ4v) is 0.830. The van der Waals surface area contributed by atoms with Gasteiger partial charge in [0.15, 0.2) is 0 Å². The van der Waals surface area contributed by atoms with Crippen LogP contribution in [-0.4, -0.2) is 13.3 Å². The zero-order chi connectivity index (χ0) is 7.40. The molecule has 2 heteroatoms. The molecule has 0 saturated carbocycles. The Morgan fingerprint density at radius 3 is 3.30 bits per heavy atom. The second kappa shape index (κ2) is 3.07. The standard InChI is InChI=1S/C8H10N2/c1-3-7-4-5-10-8(6-7)9-2/h1,5-7,9H,4H2,2H3. The summed E-state index contributed by atoms with van der Waals surface area (Å²) in [5.41, 5.74) is 0. The number of aliphatic imine (C=N–C) groups is 1. The Morgan fingerprint density at radius 1 is 1.90 bits per heavy atom. The van der Waals surface area contributed by atoms with E-state index in [1.54, 1.807) is 0 Å². The van der Waals surface area contributed by atoms with Gasteiger partial charge in [-0.1, -0.05) is 5.92 Å². The average Bonchev–Trinajstić information content (AvgIpc) is 2.05. The minimum absolute atomic E-state index is 0.222. The number of hydrogen-bond donors (Lipinski definition) is 1. The number of rotatable bonds is 1. The topological polar surface area (TPSA) is 24.4 Å². The van der Waals surface area contributed by atoms with Crippen LogP contribution in [0.1, 0.15) is 6.42 Å². The Balaban J connectivity index is 2.67. The van der Waals surface area contributed by atoms with Crippen molar-refractivity contribution in [2.24, 2.45) is 10.9 Å². The van der Waals surface area contributed by atoms with Gasteiger partial charge in [-0.3, -0.25) is 0 Å². The summed E-state index contributed by atoms with van der Waals surface area (Å²) >= 11 is 0. The van der Waals surface area contributed by atoms with Crippen molar-refractivity contribution in [3.8, 4) is 12.3 Å². The molecular weight excluding hydrogens is 124 g/mol. The molecule has 0 aromatic rings. The lowest BCUT2D eigenvalue weighted by molar-refractivity contribution is 0.826. The molecule has 0 amide bonds. The van der Waals surface area contributed by atoms with Crippen molar-refractivity contribution < 1.29 is 0 Å². The van der Waals surface area contributed by atoms with Gasteiger partial charge in [-0.15, -0.1) is 6.42 Å². The predicted octanol–water partition coefficient (Wildman–Crippen LogP) is 0.771. The maximum absolute atomic E-state index is 5.24. The molecule has 0 aromatic carbocycles. The molecule has 1 atom stereocenters. The number of nitrogens with zero attached hydrogens (tertiary/aromatic N) is 1. The van der Waals surface area contributed by atoms with Gasteiger partial charge in [-0.25, -0.2) is 4.99 Å². The average molecular weight is 134 g/mol. The third-order valence-electron chi connectivity index (χ3n) is 1.42. The highest BCUT2D eigenvalue weighted by Gasteiger charge is 2.04. The molecule has 0 aliphatic carbocycles. The third kappa shape index (κ3) is 1.38. The van der Waals surface area contributed by atoms with Gasteiger partial charge in [-0.05, 0) is 6.08 Å². The van der Waals surface area contributed by atoms with Gasteiger partial charge in [-0.2, -0.15) is 0 Å². The summed E-state index contributed by atoms with van der Waals surface area (Å²) in [4.78, 5) is 4.08. The highest BCUT2D eigenvalue weighted by molar-refractivity contribution is 5.62. The van der Waals surface area contributed by atoms with E-state index in [1.165, 1.54) is 0 Å². The number of hydrogen-bond acceptors (Lipinski definition) is 2. The lowest BCUT2D eigenvalue weighted by Crippen LogP contribution is -2.10. The summed E-state index contributed by atoms with van der Waals surface area (Å²) in [6.07, 6.45) is 9.90. The van der Waals surface area contributed by atoms with E-state index in [1.807, 2.05) is 19.3 Å². The molecule has 52 valence electrons. The van der Waals surface area contributed by atoms with Crippen LogP contribution in [0.25, 0.3) is 0 Å². The molecule has 1 heterocycles. The molecule has 1 aliphatic rings. The van der Waals surface area contributed by atoms with Gasteiger partial charge in [0.05, 0.1) is 0 Å². The summed E-state index contributed by atoms with van der Waals surface area (Å²) in [7, 11) is 1.84. The summed E-state index contributed by atoms with van der Waals surface area (Å²) in [6, 6.07) is 0. The summed E-state index contributed by atoms with van der Waals surface area (Å²) in [5, 5.41) is 2.94. The first-order valence-corrected chi connectivity index (χ1v) is 3.25. The number of terminal acetylenes is 1. The van der Waals surface area contributed by atoms with Crippen molar-refractivity contribution in [3.05, 3.63) is 11.9 Å². The van der Waals surface area contributed by atoms with Crippen LogP contribution < -0.4 is 5.32 Å². The van der Waals surface area contributed by atoms with Crippen LogP contribution in [-0.2, 0) is 0 Å². The van der Waals surface area contributed by atoms with Crippen molar-refractivity contribution >= 4 is 6.21 Å². The van der Waals surface area contributed by atoms with Gasteiger partial charge >= 0.3 is 0 Å². The molecule has 1 N–H and O–H groups in total. The van der Waals surface area contributed by atoms with Crippen molar-refractivity contribution in [3.63, 3.8) is 0 Å². The Hall–Kier alpha value is -1.23. The first-order chi connectivity index (χ1) is 4.86. The molecular formula is C8H10N2. The minimum atomic E-state index is 0.222. The van der Waals surface area contributed by atoms with Crippen LogP contribution in [0.5, 0.6) is 0 Å². The molecule has 0 radical (unpaired) electrons. The van der Waals surface area contributed by atoms with Crippen molar-refractivity contribution in [1.82, 2.24) is 5.32 Å². The highest BCUT2D eigenvalue weighted by Crippen LogP contribution is 2.09.